The molecule has 0 atom stereocenters. The van der Waals surface area contributed by atoms with Crippen LogP contribution in [-0.4, -0.2) is 18.9 Å². The van der Waals surface area contributed by atoms with Gasteiger partial charge in [-0.05, 0) is 18.2 Å². The highest BCUT2D eigenvalue weighted by Gasteiger charge is 2.05. The topological polar surface area (TPSA) is 49.4 Å². The molecule has 0 bridgehead atoms. The Morgan fingerprint density at radius 2 is 1.93 bits per heavy atom. The third-order valence-electron chi connectivity index (χ3n) is 2.03. The number of hydrogen-bond acceptors (Lipinski definition) is 2. The van der Waals surface area contributed by atoms with Crippen LogP contribution in [0.3, 0.4) is 0 Å². The van der Waals surface area contributed by atoms with Gasteiger partial charge in [0.2, 0.25) is 11.8 Å². The first-order valence-corrected chi connectivity index (χ1v) is 4.62. The van der Waals surface area contributed by atoms with Gasteiger partial charge in [-0.15, -0.1) is 0 Å². The fourth-order valence-corrected chi connectivity index (χ4v) is 1.18. The molecule has 4 heteroatoms. The summed E-state index contributed by atoms with van der Waals surface area (Å²) in [5, 5.41) is 2.66. The van der Waals surface area contributed by atoms with Crippen LogP contribution in [0.1, 0.15) is 13.8 Å². The summed E-state index contributed by atoms with van der Waals surface area (Å²) >= 11 is 0. The minimum absolute atomic E-state index is 0.0463. The third kappa shape index (κ3) is 3.09. The molecule has 0 fully saturated rings. The van der Waals surface area contributed by atoms with E-state index in [4.69, 9.17) is 0 Å². The molecule has 1 aromatic rings. The molecule has 4 nitrogen and oxygen atoms in total. The first kappa shape index (κ1) is 11.2. The van der Waals surface area contributed by atoms with E-state index in [0.717, 1.165) is 5.69 Å². The molecule has 2 amide bonds. The quantitative estimate of drug-likeness (QED) is 0.799. The highest BCUT2D eigenvalue weighted by atomic mass is 16.2. The third-order valence-corrected chi connectivity index (χ3v) is 2.03. The Morgan fingerprint density at radius 3 is 2.47 bits per heavy atom. The van der Waals surface area contributed by atoms with Crippen LogP contribution in [0.5, 0.6) is 0 Å². The lowest BCUT2D eigenvalue weighted by Crippen LogP contribution is -2.22. The predicted octanol–water partition coefficient (Wildman–Crippen LogP) is 1.63. The van der Waals surface area contributed by atoms with Crippen LogP contribution in [0.2, 0.25) is 0 Å². The molecule has 1 N–H and O–H groups in total. The van der Waals surface area contributed by atoms with E-state index in [0.29, 0.717) is 5.69 Å². The van der Waals surface area contributed by atoms with Crippen molar-refractivity contribution in [3.63, 3.8) is 0 Å². The highest BCUT2D eigenvalue weighted by Crippen LogP contribution is 2.18. The maximum absolute atomic E-state index is 11.1. The molecule has 0 radical (unpaired) electrons. The first-order chi connectivity index (χ1) is 7.00. The lowest BCUT2D eigenvalue weighted by atomic mass is 10.2. The molecule has 1 aromatic carbocycles. The van der Waals surface area contributed by atoms with Gasteiger partial charge in [0.05, 0.1) is 0 Å². The van der Waals surface area contributed by atoms with Gasteiger partial charge in [0, 0.05) is 32.3 Å². The molecule has 1 rings (SSSR count). The van der Waals surface area contributed by atoms with Crippen LogP contribution in [0.25, 0.3) is 0 Å². The number of rotatable bonds is 2. The monoisotopic (exact) mass is 206 g/mol. The van der Waals surface area contributed by atoms with Gasteiger partial charge in [-0.2, -0.15) is 0 Å². The highest BCUT2D eigenvalue weighted by molar-refractivity contribution is 5.93. The lowest BCUT2D eigenvalue weighted by Gasteiger charge is -2.15. The minimum atomic E-state index is -0.127. The standard InChI is InChI=1S/C11H14N2O2/c1-8(14)12-10-5-4-6-11(7-10)13(3)9(2)15/h4-7H,1-3H3,(H,12,14). The zero-order chi connectivity index (χ0) is 11.4. The molecule has 0 heterocycles. The molecule has 0 saturated carbocycles. The number of hydrogen-bond donors (Lipinski definition) is 1. The summed E-state index contributed by atoms with van der Waals surface area (Å²) in [7, 11) is 1.69. The molecule has 0 aromatic heterocycles. The molecule has 0 saturated heterocycles. The Labute approximate surface area is 88.9 Å². The normalized spacial score (nSPS) is 9.53. The van der Waals surface area contributed by atoms with Gasteiger partial charge in [-0.3, -0.25) is 9.59 Å². The molecule has 0 spiro atoms. The van der Waals surface area contributed by atoms with Crippen LogP contribution in [0, 0.1) is 0 Å². The summed E-state index contributed by atoms with van der Waals surface area (Å²) in [4.78, 5) is 23.5. The summed E-state index contributed by atoms with van der Waals surface area (Å²) in [6.07, 6.45) is 0. The fraction of sp³-hybridized carbons (Fsp3) is 0.273. The van der Waals surface area contributed by atoms with E-state index in [1.807, 2.05) is 6.07 Å². The van der Waals surface area contributed by atoms with Crippen LogP contribution < -0.4 is 10.2 Å². The molecule has 15 heavy (non-hydrogen) atoms. The van der Waals surface area contributed by atoms with Gasteiger partial charge >= 0.3 is 0 Å². The largest absolute Gasteiger partial charge is 0.326 e. The van der Waals surface area contributed by atoms with Crippen molar-refractivity contribution in [3.8, 4) is 0 Å². The van der Waals surface area contributed by atoms with Crippen LogP contribution >= 0.6 is 0 Å². The van der Waals surface area contributed by atoms with Crippen molar-refractivity contribution in [2.24, 2.45) is 0 Å². The van der Waals surface area contributed by atoms with Crippen LogP contribution in [-0.2, 0) is 9.59 Å². The summed E-state index contributed by atoms with van der Waals surface area (Å²) in [6.45, 7) is 2.94. The molecular weight excluding hydrogens is 192 g/mol. The van der Waals surface area contributed by atoms with Crippen molar-refractivity contribution in [3.05, 3.63) is 24.3 Å². The van der Waals surface area contributed by atoms with Crippen LogP contribution in [0.15, 0.2) is 24.3 Å². The Morgan fingerprint density at radius 1 is 1.27 bits per heavy atom. The predicted molar refractivity (Wildman–Crippen MR) is 59.8 cm³/mol. The second kappa shape index (κ2) is 4.59. The SMILES string of the molecule is CC(=O)Nc1cccc(N(C)C(C)=O)c1. The van der Waals surface area contributed by atoms with E-state index in [1.165, 1.54) is 18.7 Å². The lowest BCUT2D eigenvalue weighted by molar-refractivity contribution is -0.116. The summed E-state index contributed by atoms with van der Waals surface area (Å²) in [6, 6.07) is 7.13. The fourth-order valence-electron chi connectivity index (χ4n) is 1.18. The van der Waals surface area contributed by atoms with Crippen molar-refractivity contribution in [1.29, 1.82) is 0 Å². The number of anilines is 2. The van der Waals surface area contributed by atoms with Crippen molar-refractivity contribution >= 4 is 23.2 Å². The number of nitrogens with one attached hydrogen (secondary N) is 1. The smallest absolute Gasteiger partial charge is 0.223 e. The number of carbonyl (C=O) groups excluding carboxylic acids is 2. The molecule has 0 aliphatic carbocycles. The molecular formula is C11H14N2O2. The second-order valence-electron chi connectivity index (χ2n) is 3.31. The maximum Gasteiger partial charge on any atom is 0.223 e. The van der Waals surface area contributed by atoms with E-state index < -0.39 is 0 Å². The van der Waals surface area contributed by atoms with Gasteiger partial charge in [-0.25, -0.2) is 0 Å². The van der Waals surface area contributed by atoms with Gasteiger partial charge in [0.25, 0.3) is 0 Å². The van der Waals surface area contributed by atoms with E-state index in [2.05, 4.69) is 5.32 Å². The Hall–Kier alpha value is -1.84. The van der Waals surface area contributed by atoms with Gasteiger partial charge < -0.3 is 10.2 Å². The van der Waals surface area contributed by atoms with Crippen molar-refractivity contribution in [1.82, 2.24) is 0 Å². The number of benzene rings is 1. The Bertz CT molecular complexity index is 388. The van der Waals surface area contributed by atoms with Crippen molar-refractivity contribution in [2.75, 3.05) is 17.3 Å². The minimum Gasteiger partial charge on any atom is -0.326 e. The number of amides is 2. The van der Waals surface area contributed by atoms with E-state index in [-0.39, 0.29) is 11.8 Å². The Balaban J connectivity index is 2.92. The second-order valence-corrected chi connectivity index (χ2v) is 3.31. The van der Waals surface area contributed by atoms with Crippen molar-refractivity contribution in [2.45, 2.75) is 13.8 Å². The number of carbonyl (C=O) groups is 2. The molecule has 0 unspecified atom stereocenters. The summed E-state index contributed by atoms with van der Waals surface area (Å²) < 4.78 is 0. The van der Waals surface area contributed by atoms with Crippen molar-refractivity contribution < 1.29 is 9.59 Å². The van der Waals surface area contributed by atoms with E-state index in [9.17, 15) is 9.59 Å². The zero-order valence-corrected chi connectivity index (χ0v) is 9.07. The first-order valence-electron chi connectivity index (χ1n) is 4.62. The maximum atomic E-state index is 11.1. The molecule has 0 aliphatic heterocycles. The summed E-state index contributed by atoms with van der Waals surface area (Å²) in [5.41, 5.74) is 1.45. The van der Waals surface area contributed by atoms with Gasteiger partial charge in [0.15, 0.2) is 0 Å². The van der Waals surface area contributed by atoms with E-state index >= 15 is 0 Å². The van der Waals surface area contributed by atoms with Crippen LogP contribution in [0.4, 0.5) is 11.4 Å². The average Bonchev–Trinajstić information content (AvgIpc) is 2.16. The van der Waals surface area contributed by atoms with Gasteiger partial charge in [0.1, 0.15) is 0 Å². The van der Waals surface area contributed by atoms with Gasteiger partial charge in [-0.1, -0.05) is 6.07 Å². The summed E-state index contributed by atoms with van der Waals surface area (Å²) in [5.74, 6) is -0.174. The Kier molecular flexibility index (Phi) is 3.44. The zero-order valence-electron chi connectivity index (χ0n) is 9.07. The molecule has 80 valence electrons. The molecule has 0 aliphatic rings. The van der Waals surface area contributed by atoms with E-state index in [1.54, 1.807) is 25.2 Å². The number of nitrogens with zero attached hydrogens (tertiary/aromatic N) is 1. The average molecular weight is 206 g/mol.